The van der Waals surface area contributed by atoms with E-state index in [9.17, 15) is 9.59 Å². The van der Waals surface area contributed by atoms with E-state index in [1.165, 1.54) is 0 Å². The molecule has 1 unspecified atom stereocenters. The molecule has 2 aliphatic rings. The molecule has 0 aromatic carbocycles. The highest BCUT2D eigenvalue weighted by atomic mass is 16.2. The van der Waals surface area contributed by atoms with Crippen molar-refractivity contribution in [3.8, 4) is 0 Å². The third-order valence-corrected chi connectivity index (χ3v) is 5.06. The van der Waals surface area contributed by atoms with Crippen LogP contribution < -0.4 is 5.32 Å². The largest absolute Gasteiger partial charge is 0.338 e. The third kappa shape index (κ3) is 3.95. The maximum absolute atomic E-state index is 12.6. The zero-order valence-corrected chi connectivity index (χ0v) is 15.3. The average molecular weight is 348 g/mol. The van der Waals surface area contributed by atoms with Gasteiger partial charge in [-0.05, 0) is 40.3 Å². The first kappa shape index (κ1) is 17.7. The van der Waals surface area contributed by atoms with Crippen LogP contribution in [0.5, 0.6) is 0 Å². The van der Waals surface area contributed by atoms with Gasteiger partial charge >= 0.3 is 6.03 Å². The lowest BCUT2D eigenvalue weighted by Gasteiger charge is -2.36. The number of hydrogen-bond donors (Lipinski definition) is 1. The highest BCUT2D eigenvalue weighted by molar-refractivity contribution is 5.88. The number of nitrogens with zero attached hydrogens (tertiary/aromatic N) is 5. The highest BCUT2D eigenvalue weighted by Gasteiger charge is 2.33. The number of anilines is 1. The van der Waals surface area contributed by atoms with Crippen molar-refractivity contribution in [1.29, 1.82) is 0 Å². The van der Waals surface area contributed by atoms with Crippen molar-refractivity contribution in [2.45, 2.75) is 38.8 Å². The second-order valence-electron chi connectivity index (χ2n) is 7.16. The van der Waals surface area contributed by atoms with E-state index < -0.39 is 0 Å². The number of nitrogens with one attached hydrogen (secondary N) is 1. The Morgan fingerprint density at radius 2 is 1.84 bits per heavy atom. The van der Waals surface area contributed by atoms with Gasteiger partial charge in [-0.2, -0.15) is 5.10 Å². The molecule has 0 saturated carbocycles. The van der Waals surface area contributed by atoms with Crippen LogP contribution in [0.1, 0.15) is 32.7 Å². The van der Waals surface area contributed by atoms with Gasteiger partial charge in [0.2, 0.25) is 5.91 Å². The number of likely N-dealkylation sites (N-methyl/N-ethyl adjacent to an activating group) is 1. The molecule has 3 amide bonds. The SMILES string of the molecule is CC(C)n1ccc(NC(=O)N2CCN(C(=O)C3CCCN3C)CC2)n1. The quantitative estimate of drug-likeness (QED) is 0.892. The van der Waals surface area contributed by atoms with Gasteiger partial charge in [0.15, 0.2) is 5.82 Å². The van der Waals surface area contributed by atoms with Crippen LogP contribution in [-0.2, 0) is 4.79 Å². The van der Waals surface area contributed by atoms with Crippen LogP contribution in [0.3, 0.4) is 0 Å². The Hall–Kier alpha value is -2.09. The van der Waals surface area contributed by atoms with Gasteiger partial charge in [-0.15, -0.1) is 0 Å². The minimum atomic E-state index is -0.154. The van der Waals surface area contributed by atoms with Crippen LogP contribution in [0.2, 0.25) is 0 Å². The van der Waals surface area contributed by atoms with Crippen molar-refractivity contribution in [3.63, 3.8) is 0 Å². The summed E-state index contributed by atoms with van der Waals surface area (Å²) in [5.41, 5.74) is 0. The van der Waals surface area contributed by atoms with Crippen molar-refractivity contribution in [2.24, 2.45) is 0 Å². The van der Waals surface area contributed by atoms with E-state index in [-0.39, 0.29) is 24.0 Å². The third-order valence-electron chi connectivity index (χ3n) is 5.06. The van der Waals surface area contributed by atoms with Gasteiger partial charge in [0.05, 0.1) is 6.04 Å². The molecular formula is C17H28N6O2. The first-order valence-corrected chi connectivity index (χ1v) is 9.06. The van der Waals surface area contributed by atoms with Gasteiger partial charge in [0.1, 0.15) is 0 Å². The Morgan fingerprint density at radius 3 is 2.40 bits per heavy atom. The minimum absolute atomic E-state index is 0.0142. The van der Waals surface area contributed by atoms with Gasteiger partial charge in [-0.1, -0.05) is 0 Å². The number of urea groups is 1. The monoisotopic (exact) mass is 348 g/mol. The zero-order chi connectivity index (χ0) is 18.0. The van der Waals surface area contributed by atoms with Crippen LogP contribution in [0.4, 0.5) is 10.6 Å². The first-order valence-electron chi connectivity index (χ1n) is 9.06. The maximum Gasteiger partial charge on any atom is 0.323 e. The van der Waals surface area contributed by atoms with Crippen molar-refractivity contribution in [1.82, 2.24) is 24.5 Å². The number of piperazine rings is 1. The minimum Gasteiger partial charge on any atom is -0.338 e. The summed E-state index contributed by atoms with van der Waals surface area (Å²) in [6.07, 6.45) is 3.88. The Morgan fingerprint density at radius 1 is 1.16 bits per heavy atom. The molecule has 1 atom stereocenters. The molecule has 138 valence electrons. The second-order valence-corrected chi connectivity index (χ2v) is 7.16. The lowest BCUT2D eigenvalue weighted by atomic mass is 10.2. The fraction of sp³-hybridized carbons (Fsp3) is 0.706. The fourth-order valence-electron chi connectivity index (χ4n) is 3.44. The van der Waals surface area contributed by atoms with Crippen molar-refractivity contribution >= 4 is 17.8 Å². The Balaban J connectivity index is 1.49. The Kier molecular flexibility index (Phi) is 5.27. The molecule has 25 heavy (non-hydrogen) atoms. The summed E-state index contributed by atoms with van der Waals surface area (Å²) in [7, 11) is 2.01. The van der Waals surface area contributed by atoms with Crippen LogP contribution >= 0.6 is 0 Å². The van der Waals surface area contributed by atoms with E-state index in [0.717, 1.165) is 19.4 Å². The Labute approximate surface area is 148 Å². The molecule has 2 fully saturated rings. The van der Waals surface area contributed by atoms with E-state index >= 15 is 0 Å². The van der Waals surface area contributed by atoms with Gasteiger partial charge in [0.25, 0.3) is 0 Å². The summed E-state index contributed by atoms with van der Waals surface area (Å²) in [5.74, 6) is 0.764. The number of carbonyl (C=O) groups is 2. The molecule has 1 aromatic rings. The van der Waals surface area contributed by atoms with Gasteiger partial charge < -0.3 is 9.80 Å². The number of amides is 3. The van der Waals surface area contributed by atoms with Gasteiger partial charge in [-0.3, -0.25) is 19.7 Å². The fourth-order valence-corrected chi connectivity index (χ4v) is 3.44. The summed E-state index contributed by atoms with van der Waals surface area (Å²) in [6.45, 7) is 7.36. The predicted molar refractivity (Wildman–Crippen MR) is 95.4 cm³/mol. The summed E-state index contributed by atoms with van der Waals surface area (Å²) in [6, 6.07) is 1.92. The van der Waals surface area contributed by atoms with Crippen LogP contribution in [0.15, 0.2) is 12.3 Å². The zero-order valence-electron chi connectivity index (χ0n) is 15.3. The summed E-state index contributed by atoms with van der Waals surface area (Å²) >= 11 is 0. The summed E-state index contributed by atoms with van der Waals surface area (Å²) in [4.78, 5) is 30.8. The van der Waals surface area contributed by atoms with Gasteiger partial charge in [0, 0.05) is 44.5 Å². The lowest BCUT2D eigenvalue weighted by molar-refractivity contribution is -0.136. The normalized spacial score (nSPS) is 21.8. The topological polar surface area (TPSA) is 73.7 Å². The molecule has 0 radical (unpaired) electrons. The average Bonchev–Trinajstić information content (AvgIpc) is 3.23. The standard InChI is InChI=1S/C17H28N6O2/c1-13(2)23-8-6-15(19-23)18-17(25)22-11-9-21(10-12-22)16(24)14-5-4-7-20(14)3/h6,8,13-14H,4-5,7,9-12H2,1-3H3,(H,18,19,25). The molecule has 3 heterocycles. The first-order chi connectivity index (χ1) is 12.0. The molecule has 8 heteroatoms. The number of likely N-dealkylation sites (tertiary alicyclic amines) is 1. The van der Waals surface area contributed by atoms with Crippen molar-refractivity contribution in [3.05, 3.63) is 12.3 Å². The molecule has 0 spiro atoms. The van der Waals surface area contributed by atoms with Gasteiger partial charge in [-0.25, -0.2) is 4.79 Å². The molecule has 2 aliphatic heterocycles. The van der Waals surface area contributed by atoms with E-state index in [2.05, 4.69) is 15.3 Å². The Bertz CT molecular complexity index is 620. The van der Waals surface area contributed by atoms with Crippen LogP contribution in [-0.4, -0.2) is 82.2 Å². The van der Waals surface area contributed by atoms with E-state index in [1.54, 1.807) is 11.0 Å². The second kappa shape index (κ2) is 7.43. The van der Waals surface area contributed by atoms with E-state index in [0.29, 0.717) is 32.0 Å². The number of rotatable bonds is 3. The maximum atomic E-state index is 12.6. The number of hydrogen-bond acceptors (Lipinski definition) is 4. The van der Waals surface area contributed by atoms with Crippen molar-refractivity contribution < 1.29 is 9.59 Å². The molecule has 8 nitrogen and oxygen atoms in total. The molecule has 0 aliphatic carbocycles. The molecule has 3 rings (SSSR count). The molecule has 1 aromatic heterocycles. The highest BCUT2D eigenvalue weighted by Crippen LogP contribution is 2.18. The van der Waals surface area contributed by atoms with E-state index in [4.69, 9.17) is 0 Å². The molecule has 0 bridgehead atoms. The summed E-state index contributed by atoms with van der Waals surface area (Å²) in [5, 5.41) is 7.17. The summed E-state index contributed by atoms with van der Waals surface area (Å²) < 4.78 is 1.81. The molecule has 1 N–H and O–H groups in total. The lowest BCUT2D eigenvalue weighted by Crippen LogP contribution is -2.55. The predicted octanol–water partition coefficient (Wildman–Crippen LogP) is 1.23. The van der Waals surface area contributed by atoms with Crippen molar-refractivity contribution in [2.75, 3.05) is 45.1 Å². The molecule has 2 saturated heterocycles. The van der Waals surface area contributed by atoms with Crippen LogP contribution in [0.25, 0.3) is 0 Å². The number of aromatic nitrogens is 2. The molecular weight excluding hydrogens is 320 g/mol. The van der Waals surface area contributed by atoms with Crippen LogP contribution in [0, 0.1) is 0 Å². The smallest absolute Gasteiger partial charge is 0.323 e. The van der Waals surface area contributed by atoms with E-state index in [1.807, 2.05) is 36.7 Å². The number of carbonyl (C=O) groups excluding carboxylic acids is 2.